The Morgan fingerprint density at radius 2 is 1.45 bits per heavy atom. The minimum Gasteiger partial charge on any atom is -0.494 e. The van der Waals surface area contributed by atoms with Crippen molar-refractivity contribution in [2.24, 2.45) is 0 Å². The van der Waals surface area contributed by atoms with E-state index in [2.05, 4.69) is 5.32 Å². The van der Waals surface area contributed by atoms with Crippen molar-refractivity contribution in [1.82, 2.24) is 10.2 Å². The molecule has 0 radical (unpaired) electrons. The van der Waals surface area contributed by atoms with Crippen LogP contribution in [0.4, 0.5) is 4.79 Å². The molecule has 3 aromatic carbocycles. The predicted molar refractivity (Wildman–Crippen MR) is 185 cm³/mol. The summed E-state index contributed by atoms with van der Waals surface area (Å²) in [5.74, 6) is -2.04. The molecule has 0 bridgehead atoms. The first kappa shape index (κ1) is 37.6. The van der Waals surface area contributed by atoms with E-state index in [9.17, 15) is 18.9 Å². The average molecular weight is 695 g/mol. The molecule has 0 aliphatic carbocycles. The Balaban J connectivity index is 1.58. The topological polar surface area (TPSA) is 130 Å². The maximum Gasteiger partial charge on any atom is 0.408 e. The number of nitrogens with zero attached hydrogens (tertiary/aromatic N) is 1. The summed E-state index contributed by atoms with van der Waals surface area (Å²) in [4.78, 5) is 42.5. The fraction of sp³-hybridized carbons (Fsp3) is 0.432. The highest BCUT2D eigenvalue weighted by Crippen LogP contribution is 2.63. The fourth-order valence-corrected chi connectivity index (χ4v) is 7.77. The second kappa shape index (κ2) is 18.0. The van der Waals surface area contributed by atoms with Gasteiger partial charge < -0.3 is 33.5 Å². The van der Waals surface area contributed by atoms with Crippen LogP contribution in [-0.2, 0) is 45.7 Å². The molecule has 3 aromatic rings. The maximum absolute atomic E-state index is 14.4. The van der Waals surface area contributed by atoms with Crippen molar-refractivity contribution >= 4 is 25.6 Å². The van der Waals surface area contributed by atoms with Crippen LogP contribution < -0.4 is 10.1 Å². The summed E-state index contributed by atoms with van der Waals surface area (Å²) >= 11 is 0. The molecule has 4 rings (SSSR count). The van der Waals surface area contributed by atoms with E-state index in [4.69, 9.17) is 23.3 Å². The van der Waals surface area contributed by atoms with Crippen molar-refractivity contribution in [2.45, 2.75) is 90.6 Å². The first-order valence-electron chi connectivity index (χ1n) is 16.7. The number of nitrogens with one attached hydrogen (secondary N) is 1. The summed E-state index contributed by atoms with van der Waals surface area (Å²) in [6, 6.07) is 23.1. The SMILES string of the molecule is CCOc1ccc(C(OC(=O)[C@@H]2CCCN2C(=O)[C@@H](Cc2ccccc2)NC(=O)OCc2ccccc2)P(=O)(OC(C)C)OC(C)C)cc1. The number of alkyl carbamates (subject to hydrolysis) is 1. The molecule has 264 valence electrons. The summed E-state index contributed by atoms with van der Waals surface area (Å²) in [6.07, 6.45) is -0.762. The van der Waals surface area contributed by atoms with Gasteiger partial charge in [-0.2, -0.15) is 0 Å². The van der Waals surface area contributed by atoms with Crippen LogP contribution in [-0.4, -0.2) is 60.3 Å². The van der Waals surface area contributed by atoms with Gasteiger partial charge in [-0.25, -0.2) is 9.59 Å². The molecule has 3 atom stereocenters. The van der Waals surface area contributed by atoms with Crippen LogP contribution in [0.1, 0.15) is 70.0 Å². The molecule has 1 saturated heterocycles. The molecule has 49 heavy (non-hydrogen) atoms. The molecule has 2 amide bonds. The predicted octanol–water partition coefficient (Wildman–Crippen LogP) is 7.20. The lowest BCUT2D eigenvalue weighted by molar-refractivity contribution is -0.156. The number of amides is 2. The number of likely N-dealkylation sites (tertiary alicyclic amines) is 1. The van der Waals surface area contributed by atoms with Crippen LogP contribution in [0.15, 0.2) is 84.9 Å². The largest absolute Gasteiger partial charge is 0.494 e. The Bertz CT molecular complexity index is 1540. The van der Waals surface area contributed by atoms with Crippen molar-refractivity contribution in [2.75, 3.05) is 13.2 Å². The minimum atomic E-state index is -4.11. The van der Waals surface area contributed by atoms with Gasteiger partial charge >= 0.3 is 19.7 Å². The van der Waals surface area contributed by atoms with Crippen molar-refractivity contribution in [1.29, 1.82) is 0 Å². The minimum absolute atomic E-state index is 0.0292. The van der Waals surface area contributed by atoms with Gasteiger partial charge in [0.1, 0.15) is 24.4 Å². The first-order valence-corrected chi connectivity index (χ1v) is 18.3. The second-order valence-corrected chi connectivity index (χ2v) is 14.2. The van der Waals surface area contributed by atoms with E-state index in [0.717, 1.165) is 11.1 Å². The molecule has 0 aromatic heterocycles. The summed E-state index contributed by atoms with van der Waals surface area (Å²) in [5, 5.41) is 2.72. The lowest BCUT2D eigenvalue weighted by Crippen LogP contribution is -2.53. The van der Waals surface area contributed by atoms with Crippen molar-refractivity contribution in [3.8, 4) is 5.75 Å². The van der Waals surface area contributed by atoms with Gasteiger partial charge in [-0.15, -0.1) is 0 Å². The Morgan fingerprint density at radius 3 is 2.02 bits per heavy atom. The van der Waals surface area contributed by atoms with Crippen molar-refractivity contribution < 1.29 is 42.2 Å². The van der Waals surface area contributed by atoms with Crippen LogP contribution in [0.5, 0.6) is 5.75 Å². The van der Waals surface area contributed by atoms with Crippen LogP contribution in [0.25, 0.3) is 0 Å². The lowest BCUT2D eigenvalue weighted by atomic mass is 10.0. The van der Waals surface area contributed by atoms with Gasteiger partial charge in [0.05, 0.1) is 18.8 Å². The standard InChI is InChI=1S/C37H47N2O9P/c1-6-44-31-21-19-30(20-22-31)36(49(43,47-26(2)3)48-27(4)5)46-35(41)33-18-13-23-39(33)34(40)32(24-28-14-9-7-10-15-28)38-37(42)45-25-29-16-11-8-12-17-29/h7-12,14-17,19-22,26-27,32-33,36H,6,13,18,23-25H2,1-5H3,(H,38,42)/t32-,33+,36?/m1/s1. The molecule has 11 nitrogen and oxygen atoms in total. The Labute approximate surface area is 288 Å². The third-order valence-electron chi connectivity index (χ3n) is 7.60. The van der Waals surface area contributed by atoms with Crippen LogP contribution in [0.3, 0.4) is 0 Å². The van der Waals surface area contributed by atoms with Gasteiger partial charge in [-0.3, -0.25) is 9.36 Å². The normalized spacial score (nSPS) is 15.9. The fourth-order valence-electron chi connectivity index (χ4n) is 5.55. The van der Waals surface area contributed by atoms with E-state index in [1.165, 1.54) is 4.90 Å². The molecular formula is C37H47N2O9P. The van der Waals surface area contributed by atoms with Gasteiger partial charge in [0.25, 0.3) is 0 Å². The highest BCUT2D eigenvalue weighted by molar-refractivity contribution is 7.54. The van der Waals surface area contributed by atoms with Crippen molar-refractivity contribution in [3.05, 3.63) is 102 Å². The van der Waals surface area contributed by atoms with E-state index >= 15 is 0 Å². The molecular weight excluding hydrogens is 647 g/mol. The third kappa shape index (κ3) is 10.9. The molecule has 1 aliphatic rings. The average Bonchev–Trinajstić information content (AvgIpc) is 3.57. The number of carbonyl (C=O) groups is 3. The highest BCUT2D eigenvalue weighted by atomic mass is 31.2. The third-order valence-corrected chi connectivity index (χ3v) is 10.0. The number of benzene rings is 3. The van der Waals surface area contributed by atoms with Gasteiger partial charge in [0.2, 0.25) is 11.8 Å². The molecule has 0 saturated carbocycles. The number of carbonyl (C=O) groups excluding carboxylic acids is 3. The summed E-state index contributed by atoms with van der Waals surface area (Å²) in [7, 11) is -4.11. The molecule has 1 aliphatic heterocycles. The Hall–Kier alpha value is -4.18. The summed E-state index contributed by atoms with van der Waals surface area (Å²) in [6.45, 7) is 9.49. The molecule has 12 heteroatoms. The van der Waals surface area contributed by atoms with Crippen molar-refractivity contribution in [3.63, 3.8) is 0 Å². The van der Waals surface area contributed by atoms with Crippen LogP contribution in [0, 0.1) is 0 Å². The monoisotopic (exact) mass is 694 g/mol. The molecule has 0 spiro atoms. The van der Waals surface area contributed by atoms with Gasteiger partial charge in [0.15, 0.2) is 0 Å². The Kier molecular flexibility index (Phi) is 13.8. The van der Waals surface area contributed by atoms with E-state index in [-0.39, 0.29) is 19.6 Å². The Morgan fingerprint density at radius 1 is 0.857 bits per heavy atom. The smallest absolute Gasteiger partial charge is 0.408 e. The molecule has 1 heterocycles. The molecule has 1 fully saturated rings. The lowest BCUT2D eigenvalue weighted by Gasteiger charge is -2.32. The maximum atomic E-state index is 14.4. The number of hydrogen-bond acceptors (Lipinski definition) is 9. The summed E-state index contributed by atoms with van der Waals surface area (Å²) in [5.41, 5.74) is 2.01. The number of hydrogen-bond donors (Lipinski definition) is 1. The number of esters is 1. The zero-order chi connectivity index (χ0) is 35.4. The highest BCUT2D eigenvalue weighted by Gasteiger charge is 2.46. The molecule has 1 N–H and O–H groups in total. The van der Waals surface area contributed by atoms with E-state index in [1.807, 2.05) is 67.6 Å². The van der Waals surface area contributed by atoms with Crippen LogP contribution >= 0.6 is 7.60 Å². The number of rotatable bonds is 16. The molecule has 1 unspecified atom stereocenters. The number of ether oxygens (including phenoxy) is 3. The van der Waals surface area contributed by atoms with E-state index in [0.29, 0.717) is 30.8 Å². The van der Waals surface area contributed by atoms with Crippen LogP contribution in [0.2, 0.25) is 0 Å². The van der Waals surface area contributed by atoms with Gasteiger partial charge in [0, 0.05) is 18.5 Å². The zero-order valence-electron chi connectivity index (χ0n) is 28.8. The van der Waals surface area contributed by atoms with E-state index in [1.54, 1.807) is 52.0 Å². The first-order chi connectivity index (χ1) is 23.5. The van der Waals surface area contributed by atoms with E-state index < -0.39 is 55.7 Å². The summed E-state index contributed by atoms with van der Waals surface area (Å²) < 4.78 is 43.2. The quantitative estimate of drug-likeness (QED) is 0.122. The van der Waals surface area contributed by atoms with Gasteiger partial charge in [-0.05, 0) is 70.7 Å². The zero-order valence-corrected chi connectivity index (χ0v) is 29.7. The van der Waals surface area contributed by atoms with Gasteiger partial charge in [-0.1, -0.05) is 72.8 Å². The second-order valence-electron chi connectivity index (χ2n) is 12.3.